The van der Waals surface area contributed by atoms with E-state index in [0.29, 0.717) is 12.5 Å². The fourth-order valence-corrected chi connectivity index (χ4v) is 7.57. The molecule has 232 valence electrons. The van der Waals surface area contributed by atoms with Crippen molar-refractivity contribution in [3.63, 3.8) is 0 Å². The first-order valence-electron chi connectivity index (χ1n) is 14.9. The number of primary amides is 1. The number of carbonyl (C=O) groups is 2. The molecule has 2 aromatic rings. The number of ketones is 1. The molecule has 6 rings (SSSR count). The minimum atomic E-state index is -2.29. The quantitative estimate of drug-likeness (QED) is 0.307. The first-order chi connectivity index (χ1) is 20.8. The molecule has 0 aliphatic heterocycles. The normalized spacial score (nSPS) is 26.6. The molecule has 2 aromatic carbocycles. The number of phenols is 1. The summed E-state index contributed by atoms with van der Waals surface area (Å²) in [5.74, 6) is -5.04. The Hall–Kier alpha value is -3.99. The van der Waals surface area contributed by atoms with Gasteiger partial charge in [0.05, 0.1) is 17.2 Å². The number of phenolic OH excluding ortho intramolecular Hbond substituents is 1. The zero-order chi connectivity index (χ0) is 31.7. The van der Waals surface area contributed by atoms with Crippen LogP contribution >= 0.6 is 0 Å². The maximum absolute atomic E-state index is 16.4. The summed E-state index contributed by atoms with van der Waals surface area (Å²) in [6.45, 7) is 5.43. The van der Waals surface area contributed by atoms with Crippen LogP contribution < -0.4 is 5.73 Å². The number of amides is 1. The van der Waals surface area contributed by atoms with E-state index in [1.807, 2.05) is 30.3 Å². The van der Waals surface area contributed by atoms with Crippen LogP contribution in [0.25, 0.3) is 0 Å². The predicted octanol–water partition coefficient (Wildman–Crippen LogP) is 3.66. The average Bonchev–Trinajstić information content (AvgIpc) is 3.77. The van der Waals surface area contributed by atoms with Gasteiger partial charge in [-0.1, -0.05) is 36.9 Å². The number of aliphatic hydroxyl groups excluding tert-OH is 2. The number of likely N-dealkylation sites (N-methyl/N-ethyl adjacent to an activating group) is 1. The van der Waals surface area contributed by atoms with Crippen molar-refractivity contribution in [1.29, 1.82) is 0 Å². The van der Waals surface area contributed by atoms with Gasteiger partial charge in [-0.3, -0.25) is 19.4 Å². The Labute approximate surface area is 255 Å². The van der Waals surface area contributed by atoms with Crippen LogP contribution in [0.4, 0.5) is 4.39 Å². The zero-order valence-corrected chi connectivity index (χ0v) is 24.9. The average molecular weight is 604 g/mol. The van der Waals surface area contributed by atoms with Crippen LogP contribution in [-0.2, 0) is 24.3 Å². The number of Topliss-reactive ketones (excluding diaryl/α,β-unsaturated/α-hetero) is 1. The van der Waals surface area contributed by atoms with E-state index in [4.69, 9.17) is 5.73 Å². The molecule has 6 N–H and O–H groups in total. The number of nitrogens with zero attached hydrogens (tertiary/aromatic N) is 2. The molecular formula is C34H38FN3O6. The molecule has 1 fully saturated rings. The van der Waals surface area contributed by atoms with E-state index in [1.165, 1.54) is 6.07 Å². The lowest BCUT2D eigenvalue weighted by atomic mass is 9.57. The SMILES string of the molecule is C=C1C(C(N)=O)=C(O)[C@@H](N(C)C)[C@@H]2C[C@@H]3Cc4c(F)c(CN(Cc5ccccc5)CC5CC5)cc(O)c4C(=O)C3=C(O)[C@]12O. The number of aromatic hydroxyl groups is 1. The number of allylic oxidation sites excluding steroid dienone is 1. The summed E-state index contributed by atoms with van der Waals surface area (Å²) >= 11 is 0. The monoisotopic (exact) mass is 603 g/mol. The van der Waals surface area contributed by atoms with Crippen molar-refractivity contribution in [2.24, 2.45) is 23.5 Å². The molecule has 0 unspecified atom stereocenters. The van der Waals surface area contributed by atoms with Crippen molar-refractivity contribution < 1.29 is 34.4 Å². The van der Waals surface area contributed by atoms with Gasteiger partial charge >= 0.3 is 0 Å². The van der Waals surface area contributed by atoms with Gasteiger partial charge in [-0.2, -0.15) is 0 Å². The number of hydrogen-bond acceptors (Lipinski definition) is 8. The van der Waals surface area contributed by atoms with Crippen LogP contribution in [0, 0.1) is 23.6 Å². The highest BCUT2D eigenvalue weighted by atomic mass is 19.1. The van der Waals surface area contributed by atoms with Gasteiger partial charge in [-0.15, -0.1) is 0 Å². The number of hydrogen-bond donors (Lipinski definition) is 5. The lowest BCUT2D eigenvalue weighted by molar-refractivity contribution is -0.115. The fraction of sp³-hybridized carbons (Fsp3) is 0.412. The number of carbonyl (C=O) groups excluding carboxylic acids is 2. The number of aliphatic hydroxyl groups is 3. The summed E-state index contributed by atoms with van der Waals surface area (Å²) in [6, 6.07) is 10.2. The van der Waals surface area contributed by atoms with E-state index >= 15 is 4.39 Å². The van der Waals surface area contributed by atoms with Crippen molar-refractivity contribution in [3.8, 4) is 5.75 Å². The smallest absolute Gasteiger partial charge is 0.252 e. The Morgan fingerprint density at radius 1 is 1.14 bits per heavy atom. The topological polar surface area (TPSA) is 148 Å². The van der Waals surface area contributed by atoms with Gasteiger partial charge in [-0.25, -0.2) is 4.39 Å². The Bertz CT molecular complexity index is 1630. The number of benzene rings is 2. The number of nitrogens with two attached hydrogens (primary N) is 1. The highest BCUT2D eigenvalue weighted by Crippen LogP contribution is 2.55. The maximum Gasteiger partial charge on any atom is 0.252 e. The Kier molecular flexibility index (Phi) is 7.42. The molecule has 0 spiro atoms. The van der Waals surface area contributed by atoms with Crippen LogP contribution in [0.2, 0.25) is 0 Å². The van der Waals surface area contributed by atoms with Crippen LogP contribution in [-0.4, -0.2) is 74.2 Å². The Balaban J connectivity index is 1.40. The molecule has 0 saturated heterocycles. The van der Waals surface area contributed by atoms with Gasteiger partial charge in [0.2, 0.25) is 0 Å². The van der Waals surface area contributed by atoms with Crippen molar-refractivity contribution >= 4 is 11.7 Å². The largest absolute Gasteiger partial charge is 0.510 e. The summed E-state index contributed by atoms with van der Waals surface area (Å²) in [5.41, 5.74) is 3.53. The molecule has 9 nitrogen and oxygen atoms in total. The van der Waals surface area contributed by atoms with Crippen molar-refractivity contribution in [2.75, 3.05) is 20.6 Å². The summed E-state index contributed by atoms with van der Waals surface area (Å²) in [7, 11) is 3.27. The number of rotatable bonds is 8. The molecule has 1 saturated carbocycles. The Morgan fingerprint density at radius 3 is 2.43 bits per heavy atom. The molecule has 1 amide bonds. The van der Waals surface area contributed by atoms with Crippen LogP contribution in [0.1, 0.15) is 46.3 Å². The van der Waals surface area contributed by atoms with E-state index < -0.39 is 58.1 Å². The molecule has 4 aliphatic carbocycles. The minimum Gasteiger partial charge on any atom is -0.510 e. The number of fused-ring (bicyclic) bond motifs is 3. The van der Waals surface area contributed by atoms with E-state index in [2.05, 4.69) is 11.5 Å². The van der Waals surface area contributed by atoms with Crippen molar-refractivity contribution in [1.82, 2.24) is 9.80 Å². The lowest BCUT2D eigenvalue weighted by Crippen LogP contribution is -2.60. The molecule has 10 heteroatoms. The Morgan fingerprint density at radius 2 is 1.82 bits per heavy atom. The van der Waals surface area contributed by atoms with E-state index in [9.17, 15) is 30.0 Å². The van der Waals surface area contributed by atoms with E-state index in [0.717, 1.165) is 24.9 Å². The van der Waals surface area contributed by atoms with Gasteiger partial charge in [0.15, 0.2) is 11.4 Å². The first kappa shape index (κ1) is 30.1. The second-order valence-electron chi connectivity index (χ2n) is 12.9. The van der Waals surface area contributed by atoms with Crippen molar-refractivity contribution in [3.05, 3.63) is 99.3 Å². The van der Waals surface area contributed by atoms with Gasteiger partial charge < -0.3 is 26.2 Å². The van der Waals surface area contributed by atoms with E-state index in [1.54, 1.807) is 19.0 Å². The summed E-state index contributed by atoms with van der Waals surface area (Å²) in [5, 5.41) is 45.7. The zero-order valence-electron chi connectivity index (χ0n) is 24.9. The molecular weight excluding hydrogens is 565 g/mol. The van der Waals surface area contributed by atoms with Crippen molar-refractivity contribution in [2.45, 2.75) is 50.4 Å². The number of halogens is 1. The first-order valence-corrected chi connectivity index (χ1v) is 14.9. The summed E-state index contributed by atoms with van der Waals surface area (Å²) < 4.78 is 16.4. The second-order valence-corrected chi connectivity index (χ2v) is 12.9. The fourth-order valence-electron chi connectivity index (χ4n) is 7.57. The summed E-state index contributed by atoms with van der Waals surface area (Å²) in [4.78, 5) is 30.0. The third-order valence-corrected chi connectivity index (χ3v) is 9.78. The predicted molar refractivity (Wildman–Crippen MR) is 161 cm³/mol. The molecule has 0 radical (unpaired) electrons. The molecule has 4 atom stereocenters. The molecule has 44 heavy (non-hydrogen) atoms. The highest BCUT2D eigenvalue weighted by Gasteiger charge is 2.60. The third kappa shape index (κ3) is 4.72. The standard InChI is InChI=1S/C34H38FN3O6/c1-17-25(33(36)43)31(41)29(37(2)3)23-12-20-11-22-27(30(40)26(20)32(42)34(17,23)44)24(39)13-21(28(22)35)16-38(15-19-9-10-19)14-18-7-5-4-6-8-18/h4-8,13,19-20,23,29,39,41-42,44H,1,9-12,14-16H2,2-3H3,(H2,36,43)/t20-,23-,29-,34-/m0/s1. The van der Waals surface area contributed by atoms with Crippen LogP contribution in [0.5, 0.6) is 5.75 Å². The maximum atomic E-state index is 16.4. The van der Waals surface area contributed by atoms with Gasteiger partial charge in [0.25, 0.3) is 5.91 Å². The molecule has 0 heterocycles. The van der Waals surface area contributed by atoms with Gasteiger partial charge in [-0.05, 0) is 63.2 Å². The molecule has 0 bridgehead atoms. The van der Waals surface area contributed by atoms with Gasteiger partial charge in [0.1, 0.15) is 23.1 Å². The van der Waals surface area contributed by atoms with E-state index in [-0.39, 0.29) is 53.0 Å². The summed E-state index contributed by atoms with van der Waals surface area (Å²) in [6.07, 6.45) is 2.29. The highest BCUT2D eigenvalue weighted by molar-refractivity contribution is 6.13. The van der Waals surface area contributed by atoms with Crippen LogP contribution in [0.15, 0.2) is 71.2 Å². The minimum absolute atomic E-state index is 0.0125. The lowest BCUT2D eigenvalue weighted by Gasteiger charge is -2.52. The molecule has 4 aliphatic rings. The molecule has 0 aromatic heterocycles. The van der Waals surface area contributed by atoms with Gasteiger partial charge in [0, 0.05) is 47.8 Å². The van der Waals surface area contributed by atoms with Crippen LogP contribution in [0.3, 0.4) is 0 Å². The second kappa shape index (κ2) is 10.9. The third-order valence-electron chi connectivity index (χ3n) is 9.78.